The van der Waals surface area contributed by atoms with E-state index in [0.29, 0.717) is 5.95 Å². The Morgan fingerprint density at radius 3 is 2.40 bits per heavy atom. The first-order chi connectivity index (χ1) is 14.5. The minimum atomic E-state index is -0.00187. The summed E-state index contributed by atoms with van der Waals surface area (Å²) in [5.41, 5.74) is 11.0. The van der Waals surface area contributed by atoms with Crippen LogP contribution in [0.15, 0.2) is 54.6 Å². The van der Waals surface area contributed by atoms with Gasteiger partial charge in [-0.25, -0.2) is 4.98 Å². The highest BCUT2D eigenvalue weighted by Gasteiger charge is 2.26. The van der Waals surface area contributed by atoms with Crippen molar-refractivity contribution in [2.24, 2.45) is 5.92 Å². The molecule has 1 aliphatic heterocycles. The van der Waals surface area contributed by atoms with Gasteiger partial charge >= 0.3 is 0 Å². The zero-order chi connectivity index (χ0) is 21.1. The highest BCUT2D eigenvalue weighted by atomic mass is 16.1. The van der Waals surface area contributed by atoms with Crippen LogP contribution in [0.4, 0.5) is 17.5 Å². The summed E-state index contributed by atoms with van der Waals surface area (Å²) < 4.78 is 0. The Bertz CT molecular complexity index is 1020. The lowest BCUT2D eigenvalue weighted by Crippen LogP contribution is -2.38. The average molecular weight is 402 g/mol. The Morgan fingerprint density at radius 1 is 1.00 bits per heavy atom. The molecular formula is C24H27N5O. The lowest BCUT2D eigenvalue weighted by molar-refractivity contribution is -0.120. The van der Waals surface area contributed by atoms with Crippen LogP contribution in [0.2, 0.25) is 0 Å². The van der Waals surface area contributed by atoms with Gasteiger partial charge in [-0.15, -0.1) is 0 Å². The fourth-order valence-electron chi connectivity index (χ4n) is 3.92. The number of benzene rings is 2. The number of aromatic nitrogens is 2. The molecule has 0 aliphatic carbocycles. The molecule has 154 valence electrons. The number of nitrogens with one attached hydrogen (secondary N) is 1. The Balaban J connectivity index is 1.34. The SMILES string of the molecule is Cc1cccc(-c2ccc(NC(=O)C3CCN(c4cc(C)nc(N)n4)CC3)cc2)c1. The third-order valence-electron chi connectivity index (χ3n) is 5.55. The van der Waals surface area contributed by atoms with E-state index in [9.17, 15) is 4.79 Å². The molecule has 6 heteroatoms. The third-order valence-corrected chi connectivity index (χ3v) is 5.55. The van der Waals surface area contributed by atoms with Crippen molar-refractivity contribution in [3.8, 4) is 11.1 Å². The molecule has 0 unspecified atom stereocenters. The fraction of sp³-hybridized carbons (Fsp3) is 0.292. The van der Waals surface area contributed by atoms with Gasteiger partial charge in [-0.3, -0.25) is 4.79 Å². The average Bonchev–Trinajstić information content (AvgIpc) is 2.74. The Hall–Kier alpha value is -3.41. The van der Waals surface area contributed by atoms with E-state index in [4.69, 9.17) is 5.73 Å². The Kier molecular flexibility index (Phi) is 5.65. The number of amides is 1. The quantitative estimate of drug-likeness (QED) is 0.685. The van der Waals surface area contributed by atoms with Crippen molar-refractivity contribution in [3.63, 3.8) is 0 Å². The maximum Gasteiger partial charge on any atom is 0.227 e. The van der Waals surface area contributed by atoms with E-state index >= 15 is 0 Å². The maximum absolute atomic E-state index is 12.7. The van der Waals surface area contributed by atoms with E-state index < -0.39 is 0 Å². The molecule has 0 bridgehead atoms. The van der Waals surface area contributed by atoms with Gasteiger partial charge in [0.05, 0.1) is 0 Å². The molecule has 1 amide bonds. The highest BCUT2D eigenvalue weighted by molar-refractivity contribution is 5.93. The number of nitrogen functional groups attached to an aromatic ring is 1. The van der Waals surface area contributed by atoms with Crippen LogP contribution in [0.1, 0.15) is 24.1 Å². The molecule has 2 aromatic carbocycles. The van der Waals surface area contributed by atoms with Crippen molar-refractivity contribution < 1.29 is 4.79 Å². The number of carbonyl (C=O) groups excluding carboxylic acids is 1. The van der Waals surface area contributed by atoms with Crippen molar-refractivity contribution in [1.29, 1.82) is 0 Å². The highest BCUT2D eigenvalue weighted by Crippen LogP contribution is 2.25. The van der Waals surface area contributed by atoms with E-state index in [1.54, 1.807) is 0 Å². The molecule has 0 saturated carbocycles. The summed E-state index contributed by atoms with van der Waals surface area (Å²) in [6.45, 7) is 5.55. The smallest absolute Gasteiger partial charge is 0.227 e. The van der Waals surface area contributed by atoms with Crippen LogP contribution in [-0.4, -0.2) is 29.0 Å². The maximum atomic E-state index is 12.7. The molecule has 3 aromatic rings. The molecule has 2 heterocycles. The monoisotopic (exact) mass is 401 g/mol. The third kappa shape index (κ3) is 4.59. The number of piperidine rings is 1. The molecule has 30 heavy (non-hydrogen) atoms. The largest absolute Gasteiger partial charge is 0.368 e. The van der Waals surface area contributed by atoms with Gasteiger partial charge in [0, 0.05) is 36.5 Å². The molecule has 4 rings (SSSR count). The topological polar surface area (TPSA) is 84.1 Å². The van der Waals surface area contributed by atoms with E-state index in [1.165, 1.54) is 11.1 Å². The molecule has 0 spiro atoms. The van der Waals surface area contributed by atoms with Gasteiger partial charge in [-0.1, -0.05) is 42.0 Å². The zero-order valence-corrected chi connectivity index (χ0v) is 17.4. The van der Waals surface area contributed by atoms with E-state index in [2.05, 4.69) is 63.5 Å². The van der Waals surface area contributed by atoms with Crippen LogP contribution in [0.25, 0.3) is 11.1 Å². The molecule has 1 aliphatic rings. The lowest BCUT2D eigenvalue weighted by Gasteiger charge is -2.32. The zero-order valence-electron chi connectivity index (χ0n) is 17.4. The number of rotatable bonds is 4. The molecule has 1 saturated heterocycles. The van der Waals surface area contributed by atoms with Gasteiger partial charge < -0.3 is 16.0 Å². The number of nitrogens with two attached hydrogens (primary N) is 1. The summed E-state index contributed by atoms with van der Waals surface area (Å²) in [6.07, 6.45) is 1.58. The number of anilines is 3. The lowest BCUT2D eigenvalue weighted by atomic mass is 9.95. The summed E-state index contributed by atoms with van der Waals surface area (Å²) in [6, 6.07) is 18.4. The second-order valence-electron chi connectivity index (χ2n) is 7.92. The first-order valence-electron chi connectivity index (χ1n) is 10.3. The van der Waals surface area contributed by atoms with Gasteiger partial charge in [0.2, 0.25) is 11.9 Å². The summed E-state index contributed by atoms with van der Waals surface area (Å²) >= 11 is 0. The van der Waals surface area contributed by atoms with E-state index in [1.807, 2.05) is 25.1 Å². The van der Waals surface area contributed by atoms with Gasteiger partial charge in [0.1, 0.15) is 5.82 Å². The number of hydrogen-bond donors (Lipinski definition) is 2. The van der Waals surface area contributed by atoms with E-state index in [0.717, 1.165) is 48.7 Å². The number of carbonyl (C=O) groups is 1. The molecule has 1 aromatic heterocycles. The standard InChI is InChI=1S/C24H27N5O/c1-16-4-3-5-20(14-16)18-6-8-21(9-7-18)27-23(30)19-10-12-29(13-11-19)22-15-17(2)26-24(25)28-22/h3-9,14-15,19H,10-13H2,1-2H3,(H,27,30)(H2,25,26,28). The summed E-state index contributed by atoms with van der Waals surface area (Å²) in [5.74, 6) is 1.21. The fourth-order valence-corrected chi connectivity index (χ4v) is 3.92. The van der Waals surface area contributed by atoms with Crippen LogP contribution in [0.5, 0.6) is 0 Å². The molecule has 0 atom stereocenters. The molecule has 6 nitrogen and oxygen atoms in total. The van der Waals surface area contributed by atoms with Gasteiger partial charge in [0.25, 0.3) is 0 Å². The van der Waals surface area contributed by atoms with Crippen molar-refractivity contribution in [2.75, 3.05) is 29.0 Å². The van der Waals surface area contributed by atoms with Crippen LogP contribution in [0, 0.1) is 19.8 Å². The molecule has 0 radical (unpaired) electrons. The van der Waals surface area contributed by atoms with Crippen molar-refractivity contribution in [1.82, 2.24) is 9.97 Å². The summed E-state index contributed by atoms with van der Waals surface area (Å²) in [4.78, 5) is 23.4. The Morgan fingerprint density at radius 2 is 1.73 bits per heavy atom. The second kappa shape index (κ2) is 8.53. The van der Waals surface area contributed by atoms with Crippen molar-refractivity contribution in [2.45, 2.75) is 26.7 Å². The van der Waals surface area contributed by atoms with Crippen molar-refractivity contribution >= 4 is 23.4 Å². The summed E-state index contributed by atoms with van der Waals surface area (Å²) in [5, 5.41) is 3.07. The summed E-state index contributed by atoms with van der Waals surface area (Å²) in [7, 11) is 0. The van der Waals surface area contributed by atoms with Crippen LogP contribution < -0.4 is 16.0 Å². The Labute approximate surface area is 177 Å². The van der Waals surface area contributed by atoms with Crippen LogP contribution in [0.3, 0.4) is 0 Å². The molecule has 1 fully saturated rings. The number of nitrogens with zero attached hydrogens (tertiary/aromatic N) is 3. The number of aryl methyl sites for hydroxylation is 2. The van der Waals surface area contributed by atoms with Gasteiger partial charge in [-0.05, 0) is 49.9 Å². The predicted molar refractivity (Wildman–Crippen MR) is 121 cm³/mol. The minimum Gasteiger partial charge on any atom is -0.368 e. The van der Waals surface area contributed by atoms with Crippen LogP contribution in [-0.2, 0) is 4.79 Å². The normalized spacial score (nSPS) is 14.5. The van der Waals surface area contributed by atoms with Gasteiger partial charge in [-0.2, -0.15) is 4.98 Å². The van der Waals surface area contributed by atoms with E-state index in [-0.39, 0.29) is 11.8 Å². The first-order valence-corrected chi connectivity index (χ1v) is 10.3. The molecule has 3 N–H and O–H groups in total. The second-order valence-corrected chi connectivity index (χ2v) is 7.92. The van der Waals surface area contributed by atoms with Gasteiger partial charge in [0.15, 0.2) is 0 Å². The minimum absolute atomic E-state index is 0.00187. The molecular weight excluding hydrogens is 374 g/mol. The van der Waals surface area contributed by atoms with Crippen LogP contribution >= 0.6 is 0 Å². The first kappa shape index (κ1) is 19.9. The van der Waals surface area contributed by atoms with Crippen molar-refractivity contribution in [3.05, 3.63) is 65.9 Å². The number of hydrogen-bond acceptors (Lipinski definition) is 5. The predicted octanol–water partition coefficient (Wildman–Crippen LogP) is 4.20.